The van der Waals surface area contributed by atoms with Crippen molar-refractivity contribution in [1.29, 1.82) is 0 Å². The fraction of sp³-hybridized carbons (Fsp3) is 0.538. The van der Waals surface area contributed by atoms with Crippen molar-refractivity contribution in [3.05, 3.63) is 28.7 Å². The van der Waals surface area contributed by atoms with Crippen molar-refractivity contribution in [3.63, 3.8) is 0 Å². The van der Waals surface area contributed by atoms with E-state index in [1.165, 1.54) is 0 Å². The van der Waals surface area contributed by atoms with E-state index in [0.29, 0.717) is 11.4 Å². The van der Waals surface area contributed by atoms with E-state index >= 15 is 0 Å². The maximum absolute atomic E-state index is 12.2. The molecule has 1 heterocycles. The summed E-state index contributed by atoms with van der Waals surface area (Å²) in [5.74, 6) is 0.154. The summed E-state index contributed by atoms with van der Waals surface area (Å²) in [5, 5.41) is 0. The molecular weight excluding hydrogens is 364 g/mol. The summed E-state index contributed by atoms with van der Waals surface area (Å²) >= 11 is 3.30. The zero-order chi connectivity index (χ0) is 13.9. The number of halogens is 2. The van der Waals surface area contributed by atoms with Crippen molar-refractivity contribution in [2.45, 2.75) is 23.8 Å². The molecule has 1 aromatic rings. The van der Waals surface area contributed by atoms with Gasteiger partial charge in [-0.3, -0.25) is 0 Å². The molecule has 1 aliphatic rings. The molecule has 7 heteroatoms. The highest BCUT2D eigenvalue weighted by molar-refractivity contribution is 9.10. The highest BCUT2D eigenvalue weighted by Crippen LogP contribution is 2.16. The molecule has 2 N–H and O–H groups in total. The third-order valence-electron chi connectivity index (χ3n) is 3.39. The molecule has 0 radical (unpaired) electrons. The van der Waals surface area contributed by atoms with E-state index in [4.69, 9.17) is 5.73 Å². The van der Waals surface area contributed by atoms with E-state index in [9.17, 15) is 8.42 Å². The summed E-state index contributed by atoms with van der Waals surface area (Å²) in [6.07, 6.45) is 2.09. The number of hydrogen-bond acceptors (Lipinski definition) is 4. The van der Waals surface area contributed by atoms with E-state index in [1.54, 1.807) is 24.3 Å². The Labute approximate surface area is 135 Å². The van der Waals surface area contributed by atoms with E-state index in [2.05, 4.69) is 20.8 Å². The molecule has 20 heavy (non-hydrogen) atoms. The number of likely N-dealkylation sites (tertiary alicyclic amines) is 1. The van der Waals surface area contributed by atoms with Gasteiger partial charge in [-0.1, -0.05) is 15.9 Å². The highest BCUT2D eigenvalue weighted by atomic mass is 79.9. The average Bonchev–Trinajstić information content (AvgIpc) is 2.37. The van der Waals surface area contributed by atoms with Crippen LogP contribution in [0, 0.1) is 0 Å². The number of hydrogen-bond donors (Lipinski definition) is 1. The number of sulfone groups is 1. The lowest BCUT2D eigenvalue weighted by Gasteiger charge is -2.30. The largest absolute Gasteiger partial charge is 0.327 e. The smallest absolute Gasteiger partial charge is 0.179 e. The number of piperidine rings is 1. The fourth-order valence-electron chi connectivity index (χ4n) is 2.30. The summed E-state index contributed by atoms with van der Waals surface area (Å²) in [5.41, 5.74) is 5.90. The number of rotatable bonds is 4. The standard InChI is InChI=1S/C13H19BrN2O2S.ClH/c14-11-3-5-13(6-4-11)19(17,18)9-8-16-7-1-2-12(15)10-16;/h3-6,12H,1-2,7-10,15H2;1H. The molecule has 2 rings (SSSR count). The lowest BCUT2D eigenvalue weighted by atomic mass is 10.1. The van der Waals surface area contributed by atoms with Crippen molar-refractivity contribution in [1.82, 2.24) is 4.90 Å². The first-order valence-electron chi connectivity index (χ1n) is 6.43. The van der Waals surface area contributed by atoms with Gasteiger partial charge in [-0.05, 0) is 43.7 Å². The van der Waals surface area contributed by atoms with Gasteiger partial charge in [-0.2, -0.15) is 0 Å². The van der Waals surface area contributed by atoms with Gasteiger partial charge < -0.3 is 10.6 Å². The Kier molecular flexibility index (Phi) is 6.94. The summed E-state index contributed by atoms with van der Waals surface area (Å²) in [6, 6.07) is 6.97. The topological polar surface area (TPSA) is 63.4 Å². The van der Waals surface area contributed by atoms with E-state index in [1.807, 2.05) is 0 Å². The summed E-state index contributed by atoms with van der Waals surface area (Å²) in [7, 11) is -3.20. The molecule has 1 atom stereocenters. The van der Waals surface area contributed by atoms with Crippen LogP contribution in [0.3, 0.4) is 0 Å². The summed E-state index contributed by atoms with van der Waals surface area (Å²) in [6.45, 7) is 2.31. The van der Waals surface area contributed by atoms with Crippen LogP contribution in [0.5, 0.6) is 0 Å². The Hall–Kier alpha value is -0.140. The van der Waals surface area contributed by atoms with Crippen LogP contribution >= 0.6 is 28.3 Å². The Morgan fingerprint density at radius 3 is 2.55 bits per heavy atom. The first kappa shape index (κ1) is 17.9. The van der Waals surface area contributed by atoms with E-state index in [0.717, 1.165) is 30.4 Å². The molecule has 0 bridgehead atoms. The van der Waals surface area contributed by atoms with E-state index < -0.39 is 9.84 Å². The third kappa shape index (κ3) is 5.00. The van der Waals surface area contributed by atoms with Gasteiger partial charge in [0.1, 0.15) is 0 Å². The van der Waals surface area contributed by atoms with E-state index in [-0.39, 0.29) is 24.2 Å². The minimum Gasteiger partial charge on any atom is -0.327 e. The van der Waals surface area contributed by atoms with Gasteiger partial charge in [-0.15, -0.1) is 12.4 Å². The van der Waals surface area contributed by atoms with Crippen LogP contribution in [0.25, 0.3) is 0 Å². The monoisotopic (exact) mass is 382 g/mol. The molecule has 0 aromatic heterocycles. The van der Waals surface area contributed by atoms with Crippen molar-refractivity contribution in [2.24, 2.45) is 5.73 Å². The van der Waals surface area contributed by atoms with Crippen LogP contribution in [0.2, 0.25) is 0 Å². The Morgan fingerprint density at radius 1 is 1.30 bits per heavy atom. The molecule has 1 saturated heterocycles. The summed E-state index contributed by atoms with van der Waals surface area (Å²) in [4.78, 5) is 2.53. The maximum atomic E-state index is 12.2. The summed E-state index contributed by atoms with van der Waals surface area (Å²) < 4.78 is 25.3. The van der Waals surface area contributed by atoms with Crippen LogP contribution in [-0.4, -0.2) is 44.7 Å². The highest BCUT2D eigenvalue weighted by Gasteiger charge is 2.20. The number of benzene rings is 1. The molecule has 0 amide bonds. The third-order valence-corrected chi connectivity index (χ3v) is 5.63. The zero-order valence-electron chi connectivity index (χ0n) is 11.2. The predicted molar refractivity (Wildman–Crippen MR) is 87.1 cm³/mol. The van der Waals surface area contributed by atoms with Crippen LogP contribution < -0.4 is 5.73 Å². The van der Waals surface area contributed by atoms with Crippen molar-refractivity contribution >= 4 is 38.2 Å². The molecule has 1 aliphatic heterocycles. The first-order valence-corrected chi connectivity index (χ1v) is 8.88. The van der Waals surface area contributed by atoms with Gasteiger partial charge in [0, 0.05) is 23.6 Å². The van der Waals surface area contributed by atoms with Gasteiger partial charge in [-0.25, -0.2) is 8.42 Å². The first-order chi connectivity index (χ1) is 8.97. The predicted octanol–water partition coefficient (Wildman–Crippen LogP) is 2.07. The average molecular weight is 384 g/mol. The lowest BCUT2D eigenvalue weighted by Crippen LogP contribution is -2.44. The molecule has 114 valence electrons. The molecule has 1 aromatic carbocycles. The Bertz CT molecular complexity index is 522. The molecule has 1 fully saturated rings. The van der Waals surface area contributed by atoms with Gasteiger partial charge in [0.15, 0.2) is 9.84 Å². The molecule has 1 unspecified atom stereocenters. The van der Waals surface area contributed by atoms with Gasteiger partial charge in [0.05, 0.1) is 10.6 Å². The van der Waals surface area contributed by atoms with Crippen molar-refractivity contribution < 1.29 is 8.42 Å². The van der Waals surface area contributed by atoms with Gasteiger partial charge in [0.2, 0.25) is 0 Å². The maximum Gasteiger partial charge on any atom is 0.179 e. The molecular formula is C13H20BrClN2O2S. The molecule has 0 aliphatic carbocycles. The second-order valence-corrected chi connectivity index (χ2v) is 8.00. The van der Waals surface area contributed by atoms with Crippen LogP contribution in [-0.2, 0) is 9.84 Å². The normalized spacial score (nSPS) is 20.4. The molecule has 4 nitrogen and oxygen atoms in total. The van der Waals surface area contributed by atoms with Crippen LogP contribution in [0.1, 0.15) is 12.8 Å². The Balaban J connectivity index is 0.00000200. The SMILES string of the molecule is Cl.NC1CCCN(CCS(=O)(=O)c2ccc(Br)cc2)C1. The number of nitrogens with zero attached hydrogens (tertiary/aromatic N) is 1. The zero-order valence-corrected chi connectivity index (χ0v) is 14.4. The quantitative estimate of drug-likeness (QED) is 0.864. The molecule has 0 saturated carbocycles. The second kappa shape index (κ2) is 7.75. The minimum atomic E-state index is -3.20. The number of nitrogens with two attached hydrogens (primary N) is 1. The van der Waals surface area contributed by atoms with Crippen molar-refractivity contribution in [2.75, 3.05) is 25.4 Å². The van der Waals surface area contributed by atoms with Crippen LogP contribution in [0.15, 0.2) is 33.6 Å². The van der Waals surface area contributed by atoms with Gasteiger partial charge >= 0.3 is 0 Å². The van der Waals surface area contributed by atoms with Crippen LogP contribution in [0.4, 0.5) is 0 Å². The molecule has 0 spiro atoms. The lowest BCUT2D eigenvalue weighted by molar-refractivity contribution is 0.220. The fourth-order valence-corrected chi connectivity index (χ4v) is 3.85. The van der Waals surface area contributed by atoms with Gasteiger partial charge in [0.25, 0.3) is 0 Å². The Morgan fingerprint density at radius 2 is 1.95 bits per heavy atom. The van der Waals surface area contributed by atoms with Crippen molar-refractivity contribution in [3.8, 4) is 0 Å². The minimum absolute atomic E-state index is 0. The second-order valence-electron chi connectivity index (χ2n) is 4.98.